The van der Waals surface area contributed by atoms with Crippen molar-refractivity contribution in [2.75, 3.05) is 26.1 Å². The molecule has 0 spiro atoms. The second kappa shape index (κ2) is 7.85. The van der Waals surface area contributed by atoms with E-state index in [2.05, 4.69) is 4.98 Å². The molecule has 3 rings (SSSR count). The molecule has 2 unspecified atom stereocenters. The van der Waals surface area contributed by atoms with Crippen LogP contribution in [0.3, 0.4) is 0 Å². The van der Waals surface area contributed by atoms with Crippen molar-refractivity contribution in [2.24, 2.45) is 0 Å². The first-order valence-corrected chi connectivity index (χ1v) is 7.65. The molecule has 0 radical (unpaired) electrons. The molecule has 1 fully saturated rings. The quantitative estimate of drug-likeness (QED) is 0.610. The van der Waals surface area contributed by atoms with Crippen LogP contribution in [-0.2, 0) is 14.2 Å². The van der Waals surface area contributed by atoms with Crippen LogP contribution >= 0.6 is 0 Å². The van der Waals surface area contributed by atoms with E-state index in [9.17, 15) is 9.59 Å². The van der Waals surface area contributed by atoms with E-state index in [1.54, 1.807) is 24.3 Å². The number of hydrogen-bond acceptors (Lipinski definition) is 9. The van der Waals surface area contributed by atoms with E-state index in [0.29, 0.717) is 11.5 Å². The summed E-state index contributed by atoms with van der Waals surface area (Å²) in [7, 11) is 1.54. The van der Waals surface area contributed by atoms with Crippen molar-refractivity contribution in [1.82, 2.24) is 9.55 Å². The Hall–Kier alpha value is -3.11. The van der Waals surface area contributed by atoms with Crippen LogP contribution < -0.4 is 20.9 Å². The van der Waals surface area contributed by atoms with Crippen LogP contribution in [0.1, 0.15) is 6.23 Å². The molecular formula is C16H17N3O7. The second-order valence-corrected chi connectivity index (χ2v) is 5.23. The Labute approximate surface area is 148 Å². The number of nitrogens with two attached hydrogens (primary N) is 1. The van der Waals surface area contributed by atoms with Crippen LogP contribution in [0.2, 0.25) is 0 Å². The molecule has 0 aliphatic carbocycles. The lowest BCUT2D eigenvalue weighted by Gasteiger charge is -2.13. The van der Waals surface area contributed by atoms with Gasteiger partial charge in [0, 0.05) is 6.20 Å². The van der Waals surface area contributed by atoms with Crippen molar-refractivity contribution in [3.05, 3.63) is 47.0 Å². The summed E-state index contributed by atoms with van der Waals surface area (Å²) in [5.41, 5.74) is 4.88. The van der Waals surface area contributed by atoms with Gasteiger partial charge in [-0.15, -0.1) is 0 Å². The van der Waals surface area contributed by atoms with Gasteiger partial charge in [-0.25, -0.2) is 9.59 Å². The zero-order valence-electron chi connectivity index (χ0n) is 13.9. The Morgan fingerprint density at radius 2 is 2.04 bits per heavy atom. The average molecular weight is 363 g/mol. The Kier molecular flexibility index (Phi) is 5.34. The highest BCUT2D eigenvalue weighted by atomic mass is 16.8. The number of carbonyl (C=O) groups is 1. The van der Waals surface area contributed by atoms with E-state index < -0.39 is 24.4 Å². The van der Waals surface area contributed by atoms with E-state index in [1.807, 2.05) is 0 Å². The lowest BCUT2D eigenvalue weighted by molar-refractivity contribution is -0.105. The Morgan fingerprint density at radius 3 is 2.73 bits per heavy atom. The van der Waals surface area contributed by atoms with Crippen molar-refractivity contribution in [2.45, 2.75) is 12.5 Å². The fraction of sp³-hybridized carbons (Fsp3) is 0.312. The molecule has 2 heterocycles. The first-order chi connectivity index (χ1) is 12.5. The van der Waals surface area contributed by atoms with Crippen molar-refractivity contribution in [3.8, 4) is 11.5 Å². The van der Waals surface area contributed by atoms with Gasteiger partial charge < -0.3 is 29.4 Å². The number of hydrogen-bond donors (Lipinski definition) is 1. The van der Waals surface area contributed by atoms with Crippen LogP contribution in [-0.4, -0.2) is 42.3 Å². The fourth-order valence-electron chi connectivity index (χ4n) is 2.23. The summed E-state index contributed by atoms with van der Waals surface area (Å²) in [4.78, 5) is 27.1. The summed E-state index contributed by atoms with van der Waals surface area (Å²) in [5, 5.41) is 0. The number of anilines is 1. The van der Waals surface area contributed by atoms with E-state index in [-0.39, 0.29) is 19.0 Å². The maximum absolute atomic E-state index is 11.8. The van der Waals surface area contributed by atoms with Crippen molar-refractivity contribution >= 4 is 12.0 Å². The summed E-state index contributed by atoms with van der Waals surface area (Å²) in [5.74, 6) is 1.06. The molecule has 2 aromatic rings. The van der Waals surface area contributed by atoms with E-state index >= 15 is 0 Å². The molecule has 0 saturated carbocycles. The van der Waals surface area contributed by atoms with Gasteiger partial charge in [0.05, 0.1) is 13.7 Å². The molecule has 0 bridgehead atoms. The van der Waals surface area contributed by atoms with Crippen LogP contribution in [0.25, 0.3) is 0 Å². The summed E-state index contributed by atoms with van der Waals surface area (Å²) in [6.45, 7) is -0.0876. The lowest BCUT2D eigenvalue weighted by atomic mass is 10.3. The molecule has 2 N–H and O–H groups in total. The maximum atomic E-state index is 11.8. The molecule has 1 aliphatic heterocycles. The lowest BCUT2D eigenvalue weighted by Crippen LogP contribution is -2.29. The van der Waals surface area contributed by atoms with Gasteiger partial charge in [0.1, 0.15) is 23.9 Å². The number of ether oxygens (including phenoxy) is 5. The summed E-state index contributed by atoms with van der Waals surface area (Å²) >= 11 is 0. The summed E-state index contributed by atoms with van der Waals surface area (Å²) in [6, 6.07) is 7.91. The monoisotopic (exact) mass is 363 g/mol. The van der Waals surface area contributed by atoms with Gasteiger partial charge in [0.2, 0.25) is 0 Å². The Morgan fingerprint density at radius 1 is 1.31 bits per heavy atom. The minimum Gasteiger partial charge on any atom is -0.497 e. The van der Waals surface area contributed by atoms with Crippen molar-refractivity contribution in [3.63, 3.8) is 0 Å². The number of aromatic nitrogens is 2. The smallest absolute Gasteiger partial charge is 0.497 e. The predicted molar refractivity (Wildman–Crippen MR) is 87.7 cm³/mol. The highest BCUT2D eigenvalue weighted by molar-refractivity contribution is 5.63. The molecule has 1 aromatic carbocycles. The predicted octanol–water partition coefficient (Wildman–Crippen LogP) is 0.921. The van der Waals surface area contributed by atoms with Crippen molar-refractivity contribution in [1.29, 1.82) is 0 Å². The summed E-state index contributed by atoms with van der Waals surface area (Å²) in [6.07, 6.45) is -0.952. The third-order valence-electron chi connectivity index (χ3n) is 3.49. The van der Waals surface area contributed by atoms with E-state index in [1.165, 1.54) is 23.9 Å². The Bertz CT molecular complexity index is 821. The molecule has 26 heavy (non-hydrogen) atoms. The largest absolute Gasteiger partial charge is 0.514 e. The highest BCUT2D eigenvalue weighted by Gasteiger charge is 2.29. The van der Waals surface area contributed by atoms with Crippen LogP contribution in [0.5, 0.6) is 11.5 Å². The first-order valence-electron chi connectivity index (χ1n) is 7.65. The van der Waals surface area contributed by atoms with Gasteiger partial charge >= 0.3 is 11.8 Å². The summed E-state index contributed by atoms with van der Waals surface area (Å²) < 4.78 is 27.1. The maximum Gasteiger partial charge on any atom is 0.514 e. The zero-order chi connectivity index (χ0) is 18.5. The van der Waals surface area contributed by atoms with Gasteiger partial charge in [-0.3, -0.25) is 4.57 Å². The second-order valence-electron chi connectivity index (χ2n) is 5.23. The number of nitrogen functional groups attached to an aromatic ring is 1. The van der Waals surface area contributed by atoms with Gasteiger partial charge in [0.15, 0.2) is 12.5 Å². The number of rotatable bonds is 5. The fourth-order valence-corrected chi connectivity index (χ4v) is 2.23. The molecule has 1 saturated heterocycles. The van der Waals surface area contributed by atoms with Gasteiger partial charge in [0.25, 0.3) is 0 Å². The molecule has 1 aromatic heterocycles. The minimum absolute atomic E-state index is 0.104. The minimum atomic E-state index is -0.905. The third-order valence-corrected chi connectivity index (χ3v) is 3.49. The van der Waals surface area contributed by atoms with Crippen molar-refractivity contribution < 1.29 is 28.5 Å². The van der Waals surface area contributed by atoms with E-state index in [0.717, 1.165) is 0 Å². The standard InChI is InChI=1S/C16H17N3O7/c1-22-10-2-4-11(5-3-10)25-16(21)24-9-14-23-8-13(26-14)19-7-6-12(17)18-15(19)20/h2-7,13-14H,8-9H2,1H3,(H2,17,18,20). The first kappa shape index (κ1) is 17.7. The molecule has 10 nitrogen and oxygen atoms in total. The zero-order valence-corrected chi connectivity index (χ0v) is 13.9. The van der Waals surface area contributed by atoms with Crippen LogP contribution in [0, 0.1) is 0 Å². The molecular weight excluding hydrogens is 346 g/mol. The normalized spacial score (nSPS) is 19.1. The topological polar surface area (TPSA) is 124 Å². The number of carbonyl (C=O) groups excluding carboxylic acids is 1. The number of methoxy groups -OCH3 is 1. The molecule has 10 heteroatoms. The van der Waals surface area contributed by atoms with Gasteiger partial charge in [-0.2, -0.15) is 4.98 Å². The molecule has 2 atom stereocenters. The number of nitrogens with zero attached hydrogens (tertiary/aromatic N) is 2. The Balaban J connectivity index is 1.48. The van der Waals surface area contributed by atoms with Gasteiger partial charge in [-0.1, -0.05) is 0 Å². The molecule has 0 amide bonds. The molecule has 138 valence electrons. The van der Waals surface area contributed by atoms with Gasteiger partial charge in [-0.05, 0) is 30.3 Å². The van der Waals surface area contributed by atoms with E-state index in [4.69, 9.17) is 29.4 Å². The number of benzene rings is 1. The highest BCUT2D eigenvalue weighted by Crippen LogP contribution is 2.21. The van der Waals surface area contributed by atoms with Crippen LogP contribution in [0.15, 0.2) is 41.3 Å². The third kappa shape index (κ3) is 4.29. The van der Waals surface area contributed by atoms with Crippen LogP contribution in [0.4, 0.5) is 10.6 Å². The average Bonchev–Trinajstić information content (AvgIpc) is 3.09. The SMILES string of the molecule is COc1ccc(OC(=O)OCC2OCC(n3ccc(N)nc3=O)O2)cc1. The molecule has 1 aliphatic rings.